The van der Waals surface area contributed by atoms with Crippen molar-refractivity contribution >= 4 is 26.6 Å². The summed E-state index contributed by atoms with van der Waals surface area (Å²) in [6, 6.07) is 15.1. The molecule has 2 aromatic carbocycles. The van der Waals surface area contributed by atoms with Crippen LogP contribution >= 0.6 is 0 Å². The number of nitrogens with zero attached hydrogens (tertiary/aromatic N) is 6. The first-order valence-electron chi connectivity index (χ1n) is 12.3. The highest BCUT2D eigenvalue weighted by Crippen LogP contribution is 2.47. The number of fused-ring (bicyclic) bond motifs is 1. The number of H-pyrrole nitrogens is 1. The summed E-state index contributed by atoms with van der Waals surface area (Å²) in [7, 11) is -4.37. The van der Waals surface area contributed by atoms with Crippen LogP contribution in [-0.4, -0.2) is 45.0 Å². The highest BCUT2D eigenvalue weighted by atomic mass is 32.2. The maximum atomic E-state index is 14.1. The summed E-state index contributed by atoms with van der Waals surface area (Å²) in [6.07, 6.45) is -0.375. The van der Waals surface area contributed by atoms with E-state index in [1.54, 1.807) is 6.20 Å². The minimum atomic E-state index is -4.86. The summed E-state index contributed by atoms with van der Waals surface area (Å²) in [5.41, 5.74) is 0.730. The Morgan fingerprint density at radius 2 is 1.76 bits per heavy atom. The Labute approximate surface area is 230 Å². The van der Waals surface area contributed by atoms with Crippen molar-refractivity contribution in [2.24, 2.45) is 0 Å². The highest BCUT2D eigenvalue weighted by Gasteiger charge is 2.36. The number of anilines is 1. The average Bonchev–Trinajstić information content (AvgIpc) is 3.70. The normalized spacial score (nSPS) is 13.8. The smallest absolute Gasteiger partial charge is 0.406 e. The van der Waals surface area contributed by atoms with E-state index < -0.39 is 27.8 Å². The molecule has 0 spiro atoms. The van der Waals surface area contributed by atoms with E-state index in [0.29, 0.717) is 5.56 Å². The number of sulfonamides is 1. The number of aromatic nitrogens is 6. The van der Waals surface area contributed by atoms with Crippen molar-refractivity contribution in [2.45, 2.75) is 36.7 Å². The first-order valence-corrected chi connectivity index (χ1v) is 13.8. The Morgan fingerprint density at radius 3 is 2.39 bits per heavy atom. The van der Waals surface area contributed by atoms with Crippen molar-refractivity contribution in [1.29, 1.82) is 0 Å². The Bertz CT molecular complexity index is 1890. The number of aromatic amines is 1. The second kappa shape index (κ2) is 9.99. The zero-order valence-electron chi connectivity index (χ0n) is 21.0. The van der Waals surface area contributed by atoms with Crippen LogP contribution in [0, 0.1) is 0 Å². The summed E-state index contributed by atoms with van der Waals surface area (Å²) < 4.78 is 72.2. The fourth-order valence-electron chi connectivity index (χ4n) is 4.51. The van der Waals surface area contributed by atoms with E-state index in [9.17, 15) is 26.4 Å². The van der Waals surface area contributed by atoms with Gasteiger partial charge in [-0.1, -0.05) is 36.4 Å². The Kier molecular flexibility index (Phi) is 6.44. The van der Waals surface area contributed by atoms with Crippen LogP contribution in [0.3, 0.4) is 0 Å². The Hall–Kier alpha value is -4.79. The lowest BCUT2D eigenvalue weighted by molar-refractivity contribution is -0.274. The Balaban J connectivity index is 1.44. The molecule has 6 rings (SSSR count). The number of ether oxygens (including phenoxy) is 1. The molecule has 1 fully saturated rings. The van der Waals surface area contributed by atoms with Crippen LogP contribution in [0.1, 0.15) is 29.9 Å². The number of nitrogens with one attached hydrogen (secondary N) is 1. The largest absolute Gasteiger partial charge is 0.573 e. The molecular weight excluding hydrogens is 563 g/mol. The van der Waals surface area contributed by atoms with Gasteiger partial charge in [0.15, 0.2) is 5.03 Å². The molecule has 0 aliphatic heterocycles. The molecule has 0 saturated heterocycles. The minimum Gasteiger partial charge on any atom is -0.406 e. The minimum absolute atomic E-state index is 0.0956. The van der Waals surface area contributed by atoms with Gasteiger partial charge in [0.05, 0.1) is 18.4 Å². The quantitative estimate of drug-likeness (QED) is 0.289. The van der Waals surface area contributed by atoms with Crippen LogP contribution in [0.5, 0.6) is 5.75 Å². The molecule has 1 N–H and O–H groups in total. The van der Waals surface area contributed by atoms with E-state index in [1.165, 1.54) is 30.5 Å². The topological polar surface area (TPSA) is 136 Å². The van der Waals surface area contributed by atoms with E-state index in [1.807, 2.05) is 24.3 Å². The molecule has 41 heavy (non-hydrogen) atoms. The van der Waals surface area contributed by atoms with E-state index in [2.05, 4.69) is 30.2 Å². The molecule has 11 nitrogen and oxygen atoms in total. The third kappa shape index (κ3) is 5.35. The standard InChI is InChI=1S/C26H20F3N7O4S/c27-26(28,29)40-20-10-5-16(6-11-20)15-35(24-23(17-7-8-17)21-4-2-1-3-18(21)13-31-24)41(38,39)22-12-9-19(14-30-22)36-25(37)32-33-34-36/h1-6,9-14,17H,7-8,15H2,(H,32,34,37). The van der Waals surface area contributed by atoms with Crippen molar-refractivity contribution in [2.75, 3.05) is 4.31 Å². The third-order valence-corrected chi connectivity index (χ3v) is 8.17. The number of halogens is 3. The van der Waals surface area contributed by atoms with Crippen molar-refractivity contribution in [1.82, 2.24) is 30.2 Å². The van der Waals surface area contributed by atoms with Crippen LogP contribution in [0.15, 0.2) is 82.9 Å². The predicted octanol–water partition coefficient (Wildman–Crippen LogP) is 4.07. The maximum absolute atomic E-state index is 14.1. The van der Waals surface area contributed by atoms with E-state index >= 15 is 0 Å². The molecule has 0 unspecified atom stereocenters. The number of alkyl halides is 3. The van der Waals surface area contributed by atoms with Crippen LogP contribution in [-0.2, 0) is 16.6 Å². The van der Waals surface area contributed by atoms with Crippen molar-refractivity contribution in [3.63, 3.8) is 0 Å². The average molecular weight is 584 g/mol. The molecule has 5 aromatic rings. The van der Waals surface area contributed by atoms with Gasteiger partial charge in [-0.15, -0.1) is 13.2 Å². The van der Waals surface area contributed by atoms with Gasteiger partial charge in [-0.25, -0.2) is 24.2 Å². The van der Waals surface area contributed by atoms with Gasteiger partial charge in [0.1, 0.15) is 11.6 Å². The number of rotatable bonds is 8. The second-order valence-electron chi connectivity index (χ2n) is 9.33. The molecular formula is C26H20F3N7O4S. The number of benzene rings is 2. The lowest BCUT2D eigenvalue weighted by Gasteiger charge is -2.26. The monoisotopic (exact) mass is 583 g/mol. The number of hydrogen-bond donors (Lipinski definition) is 1. The van der Waals surface area contributed by atoms with Gasteiger partial charge >= 0.3 is 12.1 Å². The maximum Gasteiger partial charge on any atom is 0.573 e. The van der Waals surface area contributed by atoms with Gasteiger partial charge in [0, 0.05) is 17.1 Å². The second-order valence-corrected chi connectivity index (χ2v) is 11.1. The van der Waals surface area contributed by atoms with E-state index in [4.69, 9.17) is 0 Å². The zero-order valence-corrected chi connectivity index (χ0v) is 21.8. The van der Waals surface area contributed by atoms with Crippen LogP contribution in [0.4, 0.5) is 19.0 Å². The molecule has 0 amide bonds. The molecule has 210 valence electrons. The summed E-state index contributed by atoms with van der Waals surface area (Å²) in [5, 5.41) is 10.6. The lowest BCUT2D eigenvalue weighted by atomic mass is 10.0. The molecule has 0 bridgehead atoms. The molecule has 1 saturated carbocycles. The number of hydrogen-bond acceptors (Lipinski definition) is 8. The summed E-state index contributed by atoms with van der Waals surface area (Å²) in [4.78, 5) is 20.5. The summed E-state index contributed by atoms with van der Waals surface area (Å²) in [5.74, 6) is -0.128. The van der Waals surface area contributed by atoms with Gasteiger partial charge in [-0.05, 0) is 64.4 Å². The van der Waals surface area contributed by atoms with E-state index in [-0.39, 0.29) is 29.0 Å². The molecule has 3 aromatic heterocycles. The molecule has 0 radical (unpaired) electrons. The van der Waals surface area contributed by atoms with Crippen LogP contribution in [0.25, 0.3) is 16.5 Å². The van der Waals surface area contributed by atoms with Crippen LogP contribution < -0.4 is 14.7 Å². The van der Waals surface area contributed by atoms with E-state index in [0.717, 1.165) is 50.3 Å². The predicted molar refractivity (Wildman–Crippen MR) is 140 cm³/mol. The van der Waals surface area contributed by atoms with Gasteiger partial charge < -0.3 is 4.74 Å². The fourth-order valence-corrected chi connectivity index (χ4v) is 5.86. The Morgan fingerprint density at radius 1 is 1.00 bits per heavy atom. The van der Waals surface area contributed by atoms with Gasteiger partial charge in [0.25, 0.3) is 10.0 Å². The molecule has 1 aliphatic rings. The van der Waals surface area contributed by atoms with Crippen LogP contribution in [0.2, 0.25) is 0 Å². The number of pyridine rings is 2. The fraction of sp³-hybridized carbons (Fsp3) is 0.192. The summed E-state index contributed by atoms with van der Waals surface area (Å²) in [6.45, 7) is -0.244. The molecule has 1 aliphatic carbocycles. The van der Waals surface area contributed by atoms with Gasteiger partial charge in [0.2, 0.25) is 0 Å². The molecule has 0 atom stereocenters. The lowest BCUT2D eigenvalue weighted by Crippen LogP contribution is -2.33. The molecule has 15 heteroatoms. The number of tetrazole rings is 1. The highest BCUT2D eigenvalue weighted by molar-refractivity contribution is 7.92. The van der Waals surface area contributed by atoms with Gasteiger partial charge in [-0.3, -0.25) is 0 Å². The third-order valence-electron chi connectivity index (χ3n) is 6.51. The van der Waals surface area contributed by atoms with Gasteiger partial charge in [-0.2, -0.15) is 13.1 Å². The first kappa shape index (κ1) is 26.4. The SMILES string of the molecule is O=c1[nH]nnn1-c1ccc(S(=O)(=O)N(Cc2ccc(OC(F)(F)F)cc2)c2ncc3ccccc3c2C2CC2)nc1. The summed E-state index contributed by atoms with van der Waals surface area (Å²) >= 11 is 0. The molecule has 3 heterocycles. The van der Waals surface area contributed by atoms with Crippen molar-refractivity contribution < 1.29 is 26.3 Å². The van der Waals surface area contributed by atoms with Crippen molar-refractivity contribution in [3.8, 4) is 11.4 Å². The first-order chi connectivity index (χ1) is 19.6. The zero-order chi connectivity index (χ0) is 28.8. The van der Waals surface area contributed by atoms with Crippen molar-refractivity contribution in [3.05, 3.63) is 94.7 Å².